The summed E-state index contributed by atoms with van der Waals surface area (Å²) in [6.45, 7) is 1.83. The van der Waals surface area contributed by atoms with Crippen LogP contribution in [-0.2, 0) is 6.54 Å². The molecular formula is C18H14F2N4O2S. The molecular weight excluding hydrogens is 374 g/mol. The molecule has 0 aliphatic rings. The van der Waals surface area contributed by atoms with Crippen LogP contribution in [0.4, 0.5) is 14.5 Å². The predicted octanol–water partition coefficient (Wildman–Crippen LogP) is 3.31. The smallest absolute Gasteiger partial charge is 0.286 e. The number of amides is 2. The number of nitrogens with one attached hydrogen (secondary N) is 2. The van der Waals surface area contributed by atoms with Crippen LogP contribution in [-0.4, -0.2) is 22.0 Å². The summed E-state index contributed by atoms with van der Waals surface area (Å²) >= 11 is 0.972. The molecule has 0 aliphatic heterocycles. The highest BCUT2D eigenvalue weighted by Crippen LogP contribution is 2.15. The van der Waals surface area contributed by atoms with Gasteiger partial charge in [0.05, 0.1) is 6.54 Å². The van der Waals surface area contributed by atoms with Gasteiger partial charge < -0.3 is 10.6 Å². The largest absolute Gasteiger partial charge is 0.345 e. The Morgan fingerprint density at radius 3 is 2.33 bits per heavy atom. The average molecular weight is 388 g/mol. The Labute approximate surface area is 157 Å². The molecule has 138 valence electrons. The molecule has 3 rings (SSSR count). The van der Waals surface area contributed by atoms with E-state index in [0.717, 1.165) is 29.0 Å². The van der Waals surface area contributed by atoms with Gasteiger partial charge in [-0.3, -0.25) is 9.59 Å². The summed E-state index contributed by atoms with van der Waals surface area (Å²) in [6, 6.07) is 10.4. The number of halogens is 2. The molecule has 2 amide bonds. The van der Waals surface area contributed by atoms with Crippen LogP contribution in [0.25, 0.3) is 0 Å². The molecule has 3 aromatic rings. The summed E-state index contributed by atoms with van der Waals surface area (Å²) in [4.78, 5) is 24.1. The number of aryl methyl sites for hydroxylation is 1. The van der Waals surface area contributed by atoms with Crippen molar-refractivity contribution >= 4 is 28.8 Å². The molecule has 2 aromatic carbocycles. The third-order valence-corrected chi connectivity index (χ3v) is 4.48. The molecule has 0 unspecified atom stereocenters. The van der Waals surface area contributed by atoms with E-state index in [0.29, 0.717) is 10.7 Å². The summed E-state index contributed by atoms with van der Waals surface area (Å²) in [5.74, 6) is -3.26. The number of nitrogens with zero attached hydrogens (tertiary/aromatic N) is 2. The molecule has 2 N–H and O–H groups in total. The first-order valence-corrected chi connectivity index (χ1v) is 8.68. The van der Waals surface area contributed by atoms with Crippen molar-refractivity contribution in [1.29, 1.82) is 0 Å². The van der Waals surface area contributed by atoms with Crippen LogP contribution in [0.2, 0.25) is 0 Å². The predicted molar refractivity (Wildman–Crippen MR) is 96.6 cm³/mol. The van der Waals surface area contributed by atoms with Crippen molar-refractivity contribution in [2.24, 2.45) is 0 Å². The second kappa shape index (κ2) is 8.00. The summed E-state index contributed by atoms with van der Waals surface area (Å²) in [7, 11) is 0. The Balaban J connectivity index is 1.61. The fourth-order valence-corrected chi connectivity index (χ4v) is 2.87. The zero-order valence-electron chi connectivity index (χ0n) is 14.1. The van der Waals surface area contributed by atoms with Gasteiger partial charge in [-0.15, -0.1) is 10.2 Å². The second-order valence-corrected chi connectivity index (χ2v) is 6.66. The van der Waals surface area contributed by atoms with E-state index in [9.17, 15) is 18.4 Å². The normalized spacial score (nSPS) is 10.5. The summed E-state index contributed by atoms with van der Waals surface area (Å²) in [6.07, 6.45) is 0. The van der Waals surface area contributed by atoms with E-state index in [1.807, 2.05) is 19.1 Å². The number of hydrogen-bond acceptors (Lipinski definition) is 5. The highest BCUT2D eigenvalue weighted by atomic mass is 32.1. The molecule has 0 fully saturated rings. The SMILES string of the molecule is Cc1ccc(NC(=O)c2nnc(CNC(=O)c3c(F)cccc3F)s2)cc1. The maximum absolute atomic E-state index is 13.6. The van der Waals surface area contributed by atoms with E-state index in [2.05, 4.69) is 20.8 Å². The van der Waals surface area contributed by atoms with Gasteiger partial charge in [-0.1, -0.05) is 35.1 Å². The standard InChI is InChI=1S/C18H14F2N4O2S/c1-10-5-7-11(8-6-10)22-17(26)18-24-23-14(27-18)9-21-16(25)15-12(19)3-2-4-13(15)20/h2-8H,9H2,1H3,(H,21,25)(H,22,26). The van der Waals surface area contributed by atoms with Gasteiger partial charge in [0, 0.05) is 5.69 Å². The summed E-state index contributed by atoms with van der Waals surface area (Å²) < 4.78 is 27.2. The fraction of sp³-hybridized carbons (Fsp3) is 0.111. The van der Waals surface area contributed by atoms with Crippen LogP contribution >= 0.6 is 11.3 Å². The van der Waals surface area contributed by atoms with Gasteiger partial charge in [-0.05, 0) is 31.2 Å². The number of rotatable bonds is 5. The van der Waals surface area contributed by atoms with Crippen molar-refractivity contribution in [2.45, 2.75) is 13.5 Å². The Bertz CT molecular complexity index is 969. The molecule has 0 saturated heterocycles. The molecule has 9 heteroatoms. The minimum absolute atomic E-state index is 0.108. The lowest BCUT2D eigenvalue weighted by atomic mass is 10.2. The number of carbonyl (C=O) groups is 2. The van der Waals surface area contributed by atoms with Gasteiger partial charge in [-0.2, -0.15) is 0 Å². The van der Waals surface area contributed by atoms with E-state index in [1.54, 1.807) is 12.1 Å². The minimum atomic E-state index is -0.956. The third kappa shape index (κ3) is 4.50. The second-order valence-electron chi connectivity index (χ2n) is 5.60. The molecule has 0 spiro atoms. The molecule has 1 aromatic heterocycles. The van der Waals surface area contributed by atoms with Crippen LogP contribution in [0.1, 0.15) is 30.7 Å². The molecule has 0 bridgehead atoms. The highest BCUT2D eigenvalue weighted by Gasteiger charge is 2.18. The van der Waals surface area contributed by atoms with Gasteiger partial charge in [0.15, 0.2) is 0 Å². The van der Waals surface area contributed by atoms with Crippen molar-refractivity contribution < 1.29 is 18.4 Å². The van der Waals surface area contributed by atoms with Crippen molar-refractivity contribution in [1.82, 2.24) is 15.5 Å². The minimum Gasteiger partial charge on any atom is -0.345 e. The van der Waals surface area contributed by atoms with E-state index in [-0.39, 0.29) is 11.6 Å². The van der Waals surface area contributed by atoms with Gasteiger partial charge in [-0.25, -0.2) is 8.78 Å². The Morgan fingerprint density at radius 2 is 1.67 bits per heavy atom. The number of anilines is 1. The van der Waals surface area contributed by atoms with Crippen molar-refractivity contribution in [3.8, 4) is 0 Å². The topological polar surface area (TPSA) is 84.0 Å². The summed E-state index contributed by atoms with van der Waals surface area (Å²) in [5.41, 5.74) is 1.01. The quantitative estimate of drug-likeness (QED) is 0.702. The highest BCUT2D eigenvalue weighted by molar-refractivity contribution is 7.13. The first kappa shape index (κ1) is 18.6. The Kier molecular flexibility index (Phi) is 5.51. The van der Waals surface area contributed by atoms with Gasteiger partial charge in [0.25, 0.3) is 11.8 Å². The Hall–Kier alpha value is -3.20. The van der Waals surface area contributed by atoms with Gasteiger partial charge in [0.1, 0.15) is 22.2 Å². The maximum atomic E-state index is 13.6. The van der Waals surface area contributed by atoms with E-state index in [1.165, 1.54) is 6.07 Å². The number of carbonyl (C=O) groups excluding carboxylic acids is 2. The van der Waals surface area contributed by atoms with Crippen molar-refractivity contribution in [3.63, 3.8) is 0 Å². The number of benzene rings is 2. The lowest BCUT2D eigenvalue weighted by molar-refractivity contribution is 0.0941. The maximum Gasteiger partial charge on any atom is 0.286 e. The molecule has 6 nitrogen and oxygen atoms in total. The molecule has 0 radical (unpaired) electrons. The zero-order valence-corrected chi connectivity index (χ0v) is 14.9. The van der Waals surface area contributed by atoms with Gasteiger partial charge in [0.2, 0.25) is 5.01 Å². The molecule has 0 atom stereocenters. The number of hydrogen-bond donors (Lipinski definition) is 2. The molecule has 0 aliphatic carbocycles. The first-order chi connectivity index (χ1) is 12.9. The molecule has 0 saturated carbocycles. The summed E-state index contributed by atoms with van der Waals surface area (Å²) in [5, 5.41) is 13.1. The van der Waals surface area contributed by atoms with Crippen LogP contribution in [0.3, 0.4) is 0 Å². The lowest BCUT2D eigenvalue weighted by Crippen LogP contribution is -2.25. The van der Waals surface area contributed by atoms with Gasteiger partial charge >= 0.3 is 0 Å². The van der Waals surface area contributed by atoms with E-state index >= 15 is 0 Å². The third-order valence-electron chi connectivity index (χ3n) is 3.56. The van der Waals surface area contributed by atoms with E-state index < -0.39 is 29.0 Å². The zero-order chi connectivity index (χ0) is 19.4. The molecule has 27 heavy (non-hydrogen) atoms. The van der Waals surface area contributed by atoms with Crippen LogP contribution < -0.4 is 10.6 Å². The van der Waals surface area contributed by atoms with Crippen LogP contribution in [0, 0.1) is 18.6 Å². The van der Waals surface area contributed by atoms with Crippen molar-refractivity contribution in [2.75, 3.05) is 5.32 Å². The number of aromatic nitrogens is 2. The van der Waals surface area contributed by atoms with Crippen LogP contribution in [0.15, 0.2) is 42.5 Å². The van der Waals surface area contributed by atoms with Crippen LogP contribution in [0.5, 0.6) is 0 Å². The lowest BCUT2D eigenvalue weighted by Gasteiger charge is -2.05. The fourth-order valence-electron chi connectivity index (χ4n) is 2.20. The Morgan fingerprint density at radius 1 is 1.00 bits per heavy atom. The molecule has 1 heterocycles. The first-order valence-electron chi connectivity index (χ1n) is 7.86. The van der Waals surface area contributed by atoms with Crippen molar-refractivity contribution in [3.05, 3.63) is 75.2 Å². The van der Waals surface area contributed by atoms with E-state index in [4.69, 9.17) is 0 Å². The monoisotopic (exact) mass is 388 g/mol. The average Bonchev–Trinajstić information content (AvgIpc) is 3.11.